The summed E-state index contributed by atoms with van der Waals surface area (Å²) in [5, 5.41) is 0. The van der Waals surface area contributed by atoms with E-state index in [1.807, 2.05) is 32.0 Å². The van der Waals surface area contributed by atoms with Gasteiger partial charge in [-0.05, 0) is 62.2 Å². The third kappa shape index (κ3) is 3.13. The van der Waals surface area contributed by atoms with E-state index in [2.05, 4.69) is 25.6 Å². The van der Waals surface area contributed by atoms with Gasteiger partial charge >= 0.3 is 0 Å². The van der Waals surface area contributed by atoms with Crippen molar-refractivity contribution < 1.29 is 8.42 Å². The topological polar surface area (TPSA) is 80.5 Å². The average molecular weight is 478 g/mol. The number of thiazole rings is 1. The third-order valence-electron chi connectivity index (χ3n) is 4.42. The van der Waals surface area contributed by atoms with Crippen LogP contribution >= 0.6 is 27.3 Å². The first-order valence-corrected chi connectivity index (χ1v) is 11.5. The number of anilines is 1. The largest absolute Gasteiger partial charge is 0.280 e. The highest BCUT2D eigenvalue weighted by molar-refractivity contribution is 9.10. The summed E-state index contributed by atoms with van der Waals surface area (Å²) < 4.78 is 31.7. The van der Waals surface area contributed by atoms with Crippen LogP contribution in [0.3, 0.4) is 0 Å². The molecule has 1 N–H and O–H groups in total. The molecule has 2 aromatic carbocycles. The van der Waals surface area contributed by atoms with Crippen LogP contribution in [-0.2, 0) is 10.0 Å². The van der Waals surface area contributed by atoms with E-state index < -0.39 is 15.6 Å². The maximum atomic E-state index is 13.2. The Bertz CT molecular complexity index is 1420. The zero-order chi connectivity index (χ0) is 20.2. The molecule has 0 amide bonds. The van der Waals surface area contributed by atoms with Crippen LogP contribution in [0.15, 0.2) is 50.6 Å². The highest BCUT2D eigenvalue weighted by Gasteiger charge is 2.25. The molecule has 0 radical (unpaired) electrons. The second-order valence-electron chi connectivity index (χ2n) is 6.59. The van der Waals surface area contributed by atoms with Crippen molar-refractivity contribution in [2.24, 2.45) is 0 Å². The lowest BCUT2D eigenvalue weighted by Gasteiger charge is -2.11. The minimum Gasteiger partial charge on any atom is -0.279 e. The van der Waals surface area contributed by atoms with Gasteiger partial charge in [-0.3, -0.25) is 9.52 Å². The monoisotopic (exact) mass is 477 g/mol. The Kier molecular flexibility index (Phi) is 4.56. The maximum absolute atomic E-state index is 13.2. The molecule has 2 aromatic heterocycles. The number of aryl methyl sites for hydroxylation is 3. The lowest BCUT2D eigenvalue weighted by Crippen LogP contribution is -2.27. The van der Waals surface area contributed by atoms with Crippen LogP contribution in [0, 0.1) is 20.8 Å². The van der Waals surface area contributed by atoms with Gasteiger partial charge in [0.15, 0.2) is 9.86 Å². The van der Waals surface area contributed by atoms with Crippen molar-refractivity contribution in [3.8, 4) is 0 Å². The lowest BCUT2D eigenvalue weighted by atomic mass is 10.2. The van der Waals surface area contributed by atoms with Crippen molar-refractivity contribution >= 4 is 58.2 Å². The Morgan fingerprint density at radius 2 is 1.86 bits per heavy atom. The molecule has 0 unspecified atom stereocenters. The van der Waals surface area contributed by atoms with Gasteiger partial charge in [-0.25, -0.2) is 17.8 Å². The van der Waals surface area contributed by atoms with Crippen molar-refractivity contribution in [1.29, 1.82) is 0 Å². The van der Waals surface area contributed by atoms with Gasteiger partial charge in [0.1, 0.15) is 0 Å². The quantitative estimate of drug-likeness (QED) is 0.474. The van der Waals surface area contributed by atoms with Crippen molar-refractivity contribution in [1.82, 2.24) is 9.38 Å². The first kappa shape index (κ1) is 19.1. The predicted molar refractivity (Wildman–Crippen MR) is 116 cm³/mol. The Labute approximate surface area is 174 Å². The van der Waals surface area contributed by atoms with Gasteiger partial charge < -0.3 is 0 Å². The number of rotatable bonds is 3. The molecule has 28 heavy (non-hydrogen) atoms. The second kappa shape index (κ2) is 6.68. The summed E-state index contributed by atoms with van der Waals surface area (Å²) in [6.07, 6.45) is 0. The fourth-order valence-electron chi connectivity index (χ4n) is 3.08. The maximum Gasteiger partial charge on any atom is 0.280 e. The third-order valence-corrected chi connectivity index (χ3v) is 7.82. The molecular formula is C19H16BrN3O3S2. The van der Waals surface area contributed by atoms with Gasteiger partial charge in [-0.1, -0.05) is 33.3 Å². The number of hydrogen-bond donors (Lipinski definition) is 1. The number of fused-ring (bicyclic) bond motifs is 3. The molecule has 144 valence electrons. The Morgan fingerprint density at radius 1 is 1.11 bits per heavy atom. The number of hydrogen-bond acceptors (Lipinski definition) is 5. The fourth-order valence-corrected chi connectivity index (χ4v) is 5.78. The number of benzene rings is 2. The molecule has 0 aliphatic carbocycles. The Balaban J connectivity index is 1.93. The highest BCUT2D eigenvalue weighted by Crippen LogP contribution is 2.27. The molecule has 0 atom stereocenters. The van der Waals surface area contributed by atoms with Crippen molar-refractivity contribution in [2.45, 2.75) is 25.7 Å². The van der Waals surface area contributed by atoms with Crippen LogP contribution in [0.4, 0.5) is 5.69 Å². The SMILES string of the molecule is Cc1ccc2c(c1)sc1nc(C)c(S(=O)(=O)Nc3ccc(Br)c(C)c3)c(=O)n12. The molecular weight excluding hydrogens is 462 g/mol. The molecule has 0 saturated carbocycles. The van der Waals surface area contributed by atoms with E-state index in [1.165, 1.54) is 15.7 Å². The van der Waals surface area contributed by atoms with Crippen LogP contribution < -0.4 is 10.3 Å². The van der Waals surface area contributed by atoms with Crippen LogP contribution in [-0.4, -0.2) is 17.8 Å². The molecule has 0 bridgehead atoms. The highest BCUT2D eigenvalue weighted by atomic mass is 79.9. The number of sulfonamides is 1. The zero-order valence-corrected chi connectivity index (χ0v) is 18.5. The number of nitrogens with zero attached hydrogens (tertiary/aromatic N) is 2. The van der Waals surface area contributed by atoms with E-state index in [0.717, 1.165) is 20.3 Å². The predicted octanol–water partition coefficient (Wildman–Crippen LogP) is 4.40. The molecule has 0 saturated heterocycles. The van der Waals surface area contributed by atoms with Gasteiger partial charge in [-0.2, -0.15) is 0 Å². The molecule has 0 spiro atoms. The Hall–Kier alpha value is -2.23. The van der Waals surface area contributed by atoms with E-state index in [4.69, 9.17) is 0 Å². The molecule has 0 aliphatic heterocycles. The van der Waals surface area contributed by atoms with E-state index in [1.54, 1.807) is 25.1 Å². The summed E-state index contributed by atoms with van der Waals surface area (Å²) in [6, 6.07) is 10.7. The summed E-state index contributed by atoms with van der Waals surface area (Å²) in [6.45, 7) is 5.36. The van der Waals surface area contributed by atoms with Gasteiger partial charge in [0, 0.05) is 10.2 Å². The van der Waals surface area contributed by atoms with Crippen molar-refractivity contribution in [3.63, 3.8) is 0 Å². The van der Waals surface area contributed by atoms with Crippen LogP contribution in [0.2, 0.25) is 0 Å². The first-order valence-electron chi connectivity index (χ1n) is 8.39. The molecule has 0 fully saturated rings. The van der Waals surface area contributed by atoms with E-state index in [9.17, 15) is 13.2 Å². The number of halogens is 1. The smallest absolute Gasteiger partial charge is 0.279 e. The molecule has 4 aromatic rings. The normalized spacial score (nSPS) is 12.0. The van der Waals surface area contributed by atoms with E-state index in [0.29, 0.717) is 16.2 Å². The molecule has 6 nitrogen and oxygen atoms in total. The van der Waals surface area contributed by atoms with E-state index in [-0.39, 0.29) is 10.6 Å². The minimum atomic E-state index is -4.11. The lowest BCUT2D eigenvalue weighted by molar-refractivity contribution is 0.598. The van der Waals surface area contributed by atoms with Crippen molar-refractivity contribution in [3.05, 3.63) is 68.0 Å². The minimum absolute atomic E-state index is 0.176. The molecule has 0 aliphatic rings. The summed E-state index contributed by atoms with van der Waals surface area (Å²) >= 11 is 4.75. The van der Waals surface area contributed by atoms with Crippen LogP contribution in [0.1, 0.15) is 16.8 Å². The van der Waals surface area contributed by atoms with Crippen molar-refractivity contribution in [2.75, 3.05) is 4.72 Å². The fraction of sp³-hybridized carbons (Fsp3) is 0.158. The standard InChI is InChI=1S/C19H16BrN3O3S2/c1-10-4-7-15-16(8-10)27-19-21-12(3)17(18(24)23(15)19)28(25,26)22-13-5-6-14(20)11(2)9-13/h4-9,22H,1-3H3. The summed E-state index contributed by atoms with van der Waals surface area (Å²) in [5.74, 6) is 0. The van der Waals surface area contributed by atoms with Gasteiger partial charge in [-0.15, -0.1) is 0 Å². The van der Waals surface area contributed by atoms with Gasteiger partial charge in [0.05, 0.1) is 15.9 Å². The van der Waals surface area contributed by atoms with Gasteiger partial charge in [0.2, 0.25) is 0 Å². The van der Waals surface area contributed by atoms with Gasteiger partial charge in [0.25, 0.3) is 15.6 Å². The number of nitrogens with one attached hydrogen (secondary N) is 1. The summed E-state index contributed by atoms with van der Waals surface area (Å²) in [5.41, 5.74) is 2.55. The zero-order valence-electron chi connectivity index (χ0n) is 15.3. The second-order valence-corrected chi connectivity index (χ2v) is 10.1. The Morgan fingerprint density at radius 3 is 2.57 bits per heavy atom. The molecule has 4 rings (SSSR count). The number of aromatic nitrogens is 2. The molecule has 9 heteroatoms. The van der Waals surface area contributed by atoms with Crippen LogP contribution in [0.25, 0.3) is 15.2 Å². The molecule has 2 heterocycles. The summed E-state index contributed by atoms with van der Waals surface area (Å²) in [4.78, 5) is 17.7. The first-order chi connectivity index (χ1) is 13.2. The van der Waals surface area contributed by atoms with E-state index >= 15 is 0 Å². The summed E-state index contributed by atoms with van der Waals surface area (Å²) in [7, 11) is -4.11. The van der Waals surface area contributed by atoms with Crippen LogP contribution in [0.5, 0.6) is 0 Å². The average Bonchev–Trinajstić information content (AvgIpc) is 2.94.